The molecular formula is C25H31BrN4O2. The van der Waals surface area contributed by atoms with Crippen molar-refractivity contribution in [3.8, 4) is 0 Å². The Balaban J connectivity index is 1.78. The van der Waals surface area contributed by atoms with Crippen molar-refractivity contribution in [2.75, 3.05) is 52.3 Å². The smallest absolute Gasteiger partial charge is 0.410 e. The molecule has 4 rings (SSSR count). The van der Waals surface area contributed by atoms with Crippen LogP contribution in [0.4, 0.5) is 10.5 Å². The standard InChI is InChI=1S/C25H31BrN4O2/c1-5-32-25(31)30-12-11-20-21-16-18(26)9-10-22(21)27-23(20)24(30)17-7-6-8-19(15-17)29(4)14-13-28(2)3/h6-10,15-16,24,27H,5,11-14H2,1-4H3. The van der Waals surface area contributed by atoms with Gasteiger partial charge in [-0.25, -0.2) is 4.79 Å². The number of carbonyl (C=O) groups is 1. The largest absolute Gasteiger partial charge is 0.450 e. The lowest BCUT2D eigenvalue weighted by Gasteiger charge is -2.35. The third-order valence-corrected chi connectivity index (χ3v) is 6.59. The van der Waals surface area contributed by atoms with Crippen molar-refractivity contribution < 1.29 is 9.53 Å². The van der Waals surface area contributed by atoms with E-state index < -0.39 is 0 Å². The topological polar surface area (TPSA) is 51.8 Å². The zero-order valence-electron chi connectivity index (χ0n) is 19.2. The minimum Gasteiger partial charge on any atom is -0.450 e. The molecule has 1 N–H and O–H groups in total. The summed E-state index contributed by atoms with van der Waals surface area (Å²) in [4.78, 5) is 22.8. The summed E-state index contributed by atoms with van der Waals surface area (Å²) in [6.07, 6.45) is 0.526. The third-order valence-electron chi connectivity index (χ3n) is 6.10. The number of fused-ring (bicyclic) bond motifs is 3. The van der Waals surface area contributed by atoms with Gasteiger partial charge in [-0.05, 0) is 68.9 Å². The number of H-pyrrole nitrogens is 1. The fourth-order valence-electron chi connectivity index (χ4n) is 4.42. The number of nitrogens with zero attached hydrogens (tertiary/aromatic N) is 3. The molecule has 0 spiro atoms. The molecule has 2 heterocycles. The molecule has 1 amide bonds. The van der Waals surface area contributed by atoms with E-state index in [1.54, 1.807) is 0 Å². The third kappa shape index (κ3) is 4.50. The van der Waals surface area contributed by atoms with Gasteiger partial charge in [0, 0.05) is 53.4 Å². The van der Waals surface area contributed by atoms with Crippen LogP contribution in [0.5, 0.6) is 0 Å². The number of carbonyl (C=O) groups excluding carboxylic acids is 1. The number of rotatable bonds is 6. The average molecular weight is 499 g/mol. The van der Waals surface area contributed by atoms with Gasteiger partial charge >= 0.3 is 6.09 Å². The van der Waals surface area contributed by atoms with Crippen molar-refractivity contribution in [1.29, 1.82) is 0 Å². The Labute approximate surface area is 198 Å². The van der Waals surface area contributed by atoms with Gasteiger partial charge in [-0.3, -0.25) is 4.90 Å². The Morgan fingerprint density at radius 1 is 1.19 bits per heavy atom. The molecule has 0 saturated heterocycles. The van der Waals surface area contributed by atoms with Gasteiger partial charge in [-0.2, -0.15) is 0 Å². The van der Waals surface area contributed by atoms with Crippen LogP contribution in [-0.4, -0.2) is 68.3 Å². The number of hydrogen-bond acceptors (Lipinski definition) is 4. The number of benzene rings is 2. The number of aromatic amines is 1. The molecule has 0 radical (unpaired) electrons. The number of hydrogen-bond donors (Lipinski definition) is 1. The predicted molar refractivity (Wildman–Crippen MR) is 134 cm³/mol. The first kappa shape index (κ1) is 22.7. The summed E-state index contributed by atoms with van der Waals surface area (Å²) in [6.45, 7) is 4.73. The Bertz CT molecular complexity index is 1110. The summed E-state index contributed by atoms with van der Waals surface area (Å²) < 4.78 is 6.49. The maximum Gasteiger partial charge on any atom is 0.410 e. The Hall–Kier alpha value is -2.51. The molecule has 1 aliphatic rings. The number of nitrogens with one attached hydrogen (secondary N) is 1. The molecular weight excluding hydrogens is 468 g/mol. The second-order valence-electron chi connectivity index (χ2n) is 8.57. The lowest BCUT2D eigenvalue weighted by Crippen LogP contribution is -2.41. The van der Waals surface area contributed by atoms with Crippen LogP contribution in [0.25, 0.3) is 10.9 Å². The first-order valence-electron chi connectivity index (χ1n) is 11.1. The van der Waals surface area contributed by atoms with E-state index in [9.17, 15) is 4.79 Å². The Morgan fingerprint density at radius 2 is 2.00 bits per heavy atom. The highest BCUT2D eigenvalue weighted by molar-refractivity contribution is 9.10. The van der Waals surface area contributed by atoms with E-state index in [4.69, 9.17) is 4.74 Å². The molecule has 1 unspecified atom stereocenters. The van der Waals surface area contributed by atoms with Crippen LogP contribution in [-0.2, 0) is 11.2 Å². The molecule has 2 aromatic carbocycles. The fourth-order valence-corrected chi connectivity index (χ4v) is 4.78. The van der Waals surface area contributed by atoms with Crippen LogP contribution in [0, 0.1) is 0 Å². The van der Waals surface area contributed by atoms with E-state index in [-0.39, 0.29) is 12.1 Å². The van der Waals surface area contributed by atoms with Gasteiger partial charge < -0.3 is 19.5 Å². The zero-order valence-corrected chi connectivity index (χ0v) is 20.8. The summed E-state index contributed by atoms with van der Waals surface area (Å²) in [5.41, 5.74) is 5.66. The van der Waals surface area contributed by atoms with Crippen LogP contribution >= 0.6 is 15.9 Å². The van der Waals surface area contributed by atoms with E-state index in [2.05, 4.69) is 88.3 Å². The van der Waals surface area contributed by atoms with Crippen LogP contribution in [0.3, 0.4) is 0 Å². The molecule has 1 atom stereocenters. The maximum atomic E-state index is 12.9. The lowest BCUT2D eigenvalue weighted by molar-refractivity contribution is 0.0932. The highest BCUT2D eigenvalue weighted by Gasteiger charge is 2.35. The van der Waals surface area contributed by atoms with Crippen LogP contribution in [0.1, 0.15) is 29.8 Å². The molecule has 170 valence electrons. The molecule has 1 aromatic heterocycles. The Morgan fingerprint density at radius 3 is 2.75 bits per heavy atom. The molecule has 3 aromatic rings. The monoisotopic (exact) mass is 498 g/mol. The van der Waals surface area contributed by atoms with Crippen molar-refractivity contribution in [3.05, 3.63) is 63.8 Å². The first-order chi connectivity index (χ1) is 15.4. The van der Waals surface area contributed by atoms with Gasteiger partial charge in [-0.15, -0.1) is 0 Å². The van der Waals surface area contributed by atoms with E-state index >= 15 is 0 Å². The molecule has 0 aliphatic carbocycles. The van der Waals surface area contributed by atoms with E-state index in [1.807, 2.05) is 17.9 Å². The lowest BCUT2D eigenvalue weighted by atomic mass is 9.92. The van der Waals surface area contributed by atoms with Crippen LogP contribution < -0.4 is 4.90 Å². The van der Waals surface area contributed by atoms with Crippen molar-refractivity contribution in [3.63, 3.8) is 0 Å². The molecule has 0 saturated carbocycles. The molecule has 0 fully saturated rings. The first-order valence-corrected chi connectivity index (χ1v) is 11.9. The molecule has 1 aliphatic heterocycles. The van der Waals surface area contributed by atoms with Crippen molar-refractivity contribution >= 4 is 38.6 Å². The number of likely N-dealkylation sites (N-methyl/N-ethyl adjacent to an activating group) is 2. The quantitative estimate of drug-likeness (QED) is 0.517. The molecule has 0 bridgehead atoms. The van der Waals surface area contributed by atoms with Gasteiger partial charge in [0.15, 0.2) is 0 Å². The number of ether oxygens (including phenoxy) is 1. The van der Waals surface area contributed by atoms with Crippen LogP contribution in [0.15, 0.2) is 46.9 Å². The second-order valence-corrected chi connectivity index (χ2v) is 9.49. The second kappa shape index (κ2) is 9.55. The predicted octanol–water partition coefficient (Wildman–Crippen LogP) is 5.03. The SMILES string of the molecule is CCOC(=O)N1CCc2c([nH]c3ccc(Br)cc23)C1c1cccc(N(C)CCN(C)C)c1. The minimum absolute atomic E-state index is 0.217. The fraction of sp³-hybridized carbons (Fsp3) is 0.400. The van der Waals surface area contributed by atoms with Gasteiger partial charge in [0.2, 0.25) is 0 Å². The summed E-state index contributed by atoms with van der Waals surface area (Å²) in [5, 5.41) is 1.21. The summed E-state index contributed by atoms with van der Waals surface area (Å²) >= 11 is 3.60. The maximum absolute atomic E-state index is 12.9. The normalized spacial score (nSPS) is 15.8. The van der Waals surface area contributed by atoms with Gasteiger partial charge in [0.1, 0.15) is 6.04 Å². The van der Waals surface area contributed by atoms with Crippen molar-refractivity contribution in [2.45, 2.75) is 19.4 Å². The molecule has 7 heteroatoms. The van der Waals surface area contributed by atoms with E-state index in [1.165, 1.54) is 10.9 Å². The minimum atomic E-state index is -0.269. The number of anilines is 1. The number of halogens is 1. The molecule has 32 heavy (non-hydrogen) atoms. The molecule has 6 nitrogen and oxygen atoms in total. The number of amides is 1. The van der Waals surface area contributed by atoms with Gasteiger partial charge in [-0.1, -0.05) is 28.1 Å². The average Bonchev–Trinajstić information content (AvgIpc) is 3.14. The van der Waals surface area contributed by atoms with E-state index in [0.29, 0.717) is 13.2 Å². The summed E-state index contributed by atoms with van der Waals surface area (Å²) in [6, 6.07) is 14.6. The van der Waals surface area contributed by atoms with Crippen molar-refractivity contribution in [2.24, 2.45) is 0 Å². The van der Waals surface area contributed by atoms with E-state index in [0.717, 1.165) is 46.4 Å². The van der Waals surface area contributed by atoms with Gasteiger partial charge in [0.05, 0.1) is 6.61 Å². The zero-order chi connectivity index (χ0) is 22.8. The van der Waals surface area contributed by atoms with Crippen LogP contribution in [0.2, 0.25) is 0 Å². The van der Waals surface area contributed by atoms with Gasteiger partial charge in [0.25, 0.3) is 0 Å². The number of aromatic nitrogens is 1. The summed E-state index contributed by atoms with van der Waals surface area (Å²) in [7, 11) is 6.27. The van der Waals surface area contributed by atoms with Crippen molar-refractivity contribution in [1.82, 2.24) is 14.8 Å². The highest BCUT2D eigenvalue weighted by atomic mass is 79.9. The Kier molecular flexibility index (Phi) is 6.76. The highest BCUT2D eigenvalue weighted by Crippen LogP contribution is 2.40. The summed E-state index contributed by atoms with van der Waals surface area (Å²) in [5.74, 6) is 0.